The minimum absolute atomic E-state index is 0.421. The fraction of sp³-hybridized carbons (Fsp3) is 0.750. The van der Waals surface area contributed by atoms with E-state index in [2.05, 4.69) is 47.9 Å². The average molecular weight is 276 g/mol. The molecule has 1 aliphatic rings. The topological polar surface area (TPSA) is 41.1 Å². The molecule has 2 rings (SSSR count). The van der Waals surface area contributed by atoms with Gasteiger partial charge in [-0.15, -0.1) is 0 Å². The van der Waals surface area contributed by atoms with Crippen molar-refractivity contribution >= 4 is 11.6 Å². The monoisotopic (exact) mass is 276 g/mol. The Morgan fingerprint density at radius 1 is 1.20 bits per heavy atom. The Hall–Kier alpha value is -1.32. The van der Waals surface area contributed by atoms with E-state index in [-0.39, 0.29) is 0 Å². The van der Waals surface area contributed by atoms with Crippen molar-refractivity contribution in [2.45, 2.75) is 52.9 Å². The average Bonchev–Trinajstić information content (AvgIpc) is 2.58. The fourth-order valence-electron chi connectivity index (χ4n) is 3.00. The molecule has 4 nitrogen and oxygen atoms in total. The van der Waals surface area contributed by atoms with Crippen LogP contribution in [0.2, 0.25) is 0 Å². The molecule has 4 heteroatoms. The van der Waals surface area contributed by atoms with Crippen molar-refractivity contribution in [2.75, 3.05) is 30.4 Å². The zero-order valence-corrected chi connectivity index (χ0v) is 13.5. The van der Waals surface area contributed by atoms with Crippen LogP contribution in [-0.4, -0.2) is 30.1 Å². The zero-order chi connectivity index (χ0) is 14.8. The van der Waals surface area contributed by atoms with Gasteiger partial charge < -0.3 is 10.2 Å². The van der Waals surface area contributed by atoms with Crippen LogP contribution < -0.4 is 10.2 Å². The smallest absolute Gasteiger partial charge is 0.137 e. The molecule has 0 amide bonds. The van der Waals surface area contributed by atoms with Crippen molar-refractivity contribution in [3.8, 4) is 0 Å². The lowest BCUT2D eigenvalue weighted by Crippen LogP contribution is -2.28. The molecule has 0 radical (unpaired) electrons. The van der Waals surface area contributed by atoms with Gasteiger partial charge in [0.05, 0.1) is 0 Å². The van der Waals surface area contributed by atoms with Gasteiger partial charge in [0.25, 0.3) is 0 Å². The molecule has 2 heterocycles. The van der Waals surface area contributed by atoms with Crippen LogP contribution in [0.4, 0.5) is 11.6 Å². The molecule has 1 aromatic rings. The Morgan fingerprint density at radius 2 is 1.95 bits per heavy atom. The zero-order valence-electron chi connectivity index (χ0n) is 13.5. The molecule has 0 unspecified atom stereocenters. The van der Waals surface area contributed by atoms with E-state index >= 15 is 0 Å². The van der Waals surface area contributed by atoms with E-state index in [1.54, 1.807) is 6.33 Å². The van der Waals surface area contributed by atoms with Crippen LogP contribution in [-0.2, 0) is 0 Å². The second-order valence-electron chi connectivity index (χ2n) is 6.87. The summed E-state index contributed by atoms with van der Waals surface area (Å²) < 4.78 is 0. The highest BCUT2D eigenvalue weighted by atomic mass is 15.2. The second kappa shape index (κ2) is 5.98. The first-order valence-corrected chi connectivity index (χ1v) is 7.72. The predicted octanol–water partition coefficient (Wildman–Crippen LogP) is 3.66. The molecule has 1 fully saturated rings. The Kier molecular flexibility index (Phi) is 4.51. The quantitative estimate of drug-likeness (QED) is 0.914. The van der Waals surface area contributed by atoms with Gasteiger partial charge in [0, 0.05) is 25.7 Å². The van der Waals surface area contributed by atoms with Crippen LogP contribution in [0.15, 0.2) is 6.33 Å². The first-order chi connectivity index (χ1) is 9.44. The van der Waals surface area contributed by atoms with E-state index in [9.17, 15) is 0 Å². The van der Waals surface area contributed by atoms with Gasteiger partial charge in [0.1, 0.15) is 18.0 Å². The molecule has 0 aliphatic carbocycles. The third-order valence-corrected chi connectivity index (χ3v) is 4.32. The minimum atomic E-state index is 0.421. The first-order valence-electron chi connectivity index (χ1n) is 7.72. The predicted molar refractivity (Wildman–Crippen MR) is 85.5 cm³/mol. The third-order valence-electron chi connectivity index (χ3n) is 4.32. The molecule has 0 spiro atoms. The van der Waals surface area contributed by atoms with Crippen LogP contribution in [0.25, 0.3) is 0 Å². The maximum absolute atomic E-state index is 4.60. The maximum atomic E-state index is 4.60. The summed E-state index contributed by atoms with van der Waals surface area (Å²) in [5.74, 6) is 2.51. The second-order valence-corrected chi connectivity index (χ2v) is 6.87. The third kappa shape index (κ3) is 3.22. The van der Waals surface area contributed by atoms with Crippen molar-refractivity contribution in [1.82, 2.24) is 9.97 Å². The van der Waals surface area contributed by atoms with Gasteiger partial charge >= 0.3 is 0 Å². The Bertz CT molecular complexity index is 454. The number of aromatic nitrogens is 2. The molecule has 0 atom stereocenters. The van der Waals surface area contributed by atoms with Crippen molar-refractivity contribution in [3.05, 3.63) is 11.9 Å². The van der Waals surface area contributed by atoms with Gasteiger partial charge in [-0.1, -0.05) is 27.7 Å². The van der Waals surface area contributed by atoms with Gasteiger partial charge in [0.2, 0.25) is 0 Å². The standard InChI is InChI=1S/C16H28N4/c1-12(2)13-14(17-5)18-11-19-15(13)20-9-6-7-16(3,4)8-10-20/h11-12H,6-10H2,1-5H3,(H,17,18,19). The Morgan fingerprint density at radius 3 is 2.60 bits per heavy atom. The SMILES string of the molecule is CNc1ncnc(N2CCCC(C)(C)CC2)c1C(C)C. The van der Waals surface area contributed by atoms with Gasteiger partial charge in [-0.2, -0.15) is 0 Å². The summed E-state index contributed by atoms with van der Waals surface area (Å²) in [4.78, 5) is 11.4. The van der Waals surface area contributed by atoms with Crippen LogP contribution in [0, 0.1) is 5.41 Å². The number of nitrogens with one attached hydrogen (secondary N) is 1. The van der Waals surface area contributed by atoms with Crippen LogP contribution in [0.3, 0.4) is 0 Å². The molecule has 0 saturated carbocycles. The van der Waals surface area contributed by atoms with Crippen LogP contribution >= 0.6 is 0 Å². The van der Waals surface area contributed by atoms with E-state index in [4.69, 9.17) is 0 Å². The summed E-state index contributed by atoms with van der Waals surface area (Å²) in [6.07, 6.45) is 5.44. The number of nitrogens with zero attached hydrogens (tertiary/aromatic N) is 3. The van der Waals surface area contributed by atoms with Crippen LogP contribution in [0.1, 0.15) is 58.4 Å². The maximum Gasteiger partial charge on any atom is 0.137 e. The highest BCUT2D eigenvalue weighted by molar-refractivity contribution is 5.60. The molecule has 0 bridgehead atoms. The molecule has 1 N–H and O–H groups in total. The summed E-state index contributed by atoms with van der Waals surface area (Å²) in [7, 11) is 1.93. The van der Waals surface area contributed by atoms with E-state index in [0.717, 1.165) is 24.7 Å². The molecule has 1 saturated heterocycles. The largest absolute Gasteiger partial charge is 0.373 e. The molecule has 20 heavy (non-hydrogen) atoms. The van der Waals surface area contributed by atoms with E-state index in [1.165, 1.54) is 24.8 Å². The Balaban J connectivity index is 2.32. The number of hydrogen-bond acceptors (Lipinski definition) is 4. The molecule has 112 valence electrons. The lowest BCUT2D eigenvalue weighted by molar-refractivity contribution is 0.325. The summed E-state index contributed by atoms with van der Waals surface area (Å²) in [6, 6.07) is 0. The van der Waals surface area contributed by atoms with E-state index in [1.807, 2.05) is 7.05 Å². The lowest BCUT2D eigenvalue weighted by atomic mass is 9.85. The first kappa shape index (κ1) is 15.1. The van der Waals surface area contributed by atoms with Gasteiger partial charge in [-0.25, -0.2) is 9.97 Å². The van der Waals surface area contributed by atoms with Crippen molar-refractivity contribution in [1.29, 1.82) is 0 Å². The molecular weight excluding hydrogens is 248 g/mol. The van der Waals surface area contributed by atoms with E-state index < -0.39 is 0 Å². The molecule has 1 aliphatic heterocycles. The number of rotatable bonds is 3. The van der Waals surface area contributed by atoms with Crippen LogP contribution in [0.5, 0.6) is 0 Å². The van der Waals surface area contributed by atoms with Gasteiger partial charge in [-0.05, 0) is 30.6 Å². The van der Waals surface area contributed by atoms with Crippen molar-refractivity contribution in [2.24, 2.45) is 5.41 Å². The summed E-state index contributed by atoms with van der Waals surface area (Å²) in [6.45, 7) is 11.4. The normalized spacial score (nSPS) is 19.0. The van der Waals surface area contributed by atoms with Crippen molar-refractivity contribution in [3.63, 3.8) is 0 Å². The highest BCUT2D eigenvalue weighted by Crippen LogP contribution is 2.35. The minimum Gasteiger partial charge on any atom is -0.373 e. The number of hydrogen-bond donors (Lipinski definition) is 1. The molecular formula is C16H28N4. The molecule has 1 aromatic heterocycles. The molecule has 0 aromatic carbocycles. The van der Waals surface area contributed by atoms with Gasteiger partial charge in [-0.3, -0.25) is 0 Å². The summed E-state index contributed by atoms with van der Waals surface area (Å²) >= 11 is 0. The number of anilines is 2. The summed E-state index contributed by atoms with van der Waals surface area (Å²) in [5, 5.41) is 3.21. The van der Waals surface area contributed by atoms with Crippen molar-refractivity contribution < 1.29 is 0 Å². The van der Waals surface area contributed by atoms with E-state index in [0.29, 0.717) is 11.3 Å². The Labute approximate surface area is 123 Å². The summed E-state index contributed by atoms with van der Waals surface area (Å²) in [5.41, 5.74) is 1.70. The fourth-order valence-corrected chi connectivity index (χ4v) is 3.00. The lowest BCUT2D eigenvalue weighted by Gasteiger charge is -2.27. The highest BCUT2D eigenvalue weighted by Gasteiger charge is 2.26. The van der Waals surface area contributed by atoms with Gasteiger partial charge in [0.15, 0.2) is 0 Å².